The van der Waals surface area contributed by atoms with Crippen LogP contribution in [0.15, 0.2) is 78.9 Å². The van der Waals surface area contributed by atoms with E-state index in [2.05, 4.69) is 6.07 Å². The number of halogens is 1. The minimum atomic E-state index is -0.542. The van der Waals surface area contributed by atoms with Crippen molar-refractivity contribution in [2.45, 2.75) is 0 Å². The molecule has 0 N–H and O–H groups in total. The summed E-state index contributed by atoms with van der Waals surface area (Å²) in [6.07, 6.45) is 0. The van der Waals surface area contributed by atoms with E-state index in [1.165, 1.54) is 0 Å². The monoisotopic (exact) mass is 328 g/mol. The Morgan fingerprint density at radius 1 is 0.840 bits per heavy atom. The van der Waals surface area contributed by atoms with E-state index in [0.29, 0.717) is 11.3 Å². The average molecular weight is 328 g/mol. The summed E-state index contributed by atoms with van der Waals surface area (Å²) in [6, 6.07) is 25.6. The van der Waals surface area contributed by atoms with Gasteiger partial charge in [0.15, 0.2) is 5.82 Å². The van der Waals surface area contributed by atoms with Crippen molar-refractivity contribution in [2.75, 3.05) is 0 Å². The molecule has 0 fully saturated rings. The van der Waals surface area contributed by atoms with Gasteiger partial charge in [-0.1, -0.05) is 42.5 Å². The van der Waals surface area contributed by atoms with Gasteiger partial charge < -0.3 is 4.74 Å². The van der Waals surface area contributed by atoms with Crippen LogP contribution < -0.4 is 4.74 Å². The maximum atomic E-state index is 15.2. The highest BCUT2D eigenvalue weighted by Crippen LogP contribution is 2.37. The fraction of sp³-hybridized carbons (Fsp3) is 0. The lowest BCUT2D eigenvalue weighted by Gasteiger charge is -2.11. The van der Waals surface area contributed by atoms with Gasteiger partial charge in [0.2, 0.25) is 5.88 Å². The second-order valence-electron chi connectivity index (χ2n) is 5.52. The van der Waals surface area contributed by atoms with Crippen molar-refractivity contribution in [3.05, 3.63) is 90.2 Å². The average Bonchev–Trinajstić information content (AvgIpc) is 2.95. The Hall–Kier alpha value is -3.58. The predicted octanol–water partition coefficient (Wildman–Crippen LogP) is 5.43. The first kappa shape index (κ1) is 15.0. The maximum Gasteiger partial charge on any atom is 0.242 e. The third-order valence-electron chi connectivity index (χ3n) is 3.99. The zero-order valence-electron chi connectivity index (χ0n) is 13.2. The van der Waals surface area contributed by atoms with Gasteiger partial charge in [-0.25, -0.2) is 4.39 Å². The van der Waals surface area contributed by atoms with Crippen molar-refractivity contribution < 1.29 is 9.13 Å². The minimum absolute atomic E-state index is 0.0649. The molecule has 3 aromatic carbocycles. The van der Waals surface area contributed by atoms with Gasteiger partial charge in [0.25, 0.3) is 0 Å². The molecule has 0 aliphatic carbocycles. The molecule has 0 saturated heterocycles. The third kappa shape index (κ3) is 2.52. The smallest absolute Gasteiger partial charge is 0.242 e. The van der Waals surface area contributed by atoms with E-state index in [-0.39, 0.29) is 16.8 Å². The molecule has 1 heterocycles. The number of para-hydroxylation sites is 2. The lowest BCUT2D eigenvalue weighted by atomic mass is 10.1. The highest BCUT2D eigenvalue weighted by Gasteiger charge is 2.22. The largest absolute Gasteiger partial charge is 0.437 e. The number of benzene rings is 3. The second kappa shape index (κ2) is 6.14. The molecule has 1 aromatic heterocycles. The zero-order valence-corrected chi connectivity index (χ0v) is 13.2. The van der Waals surface area contributed by atoms with E-state index < -0.39 is 5.82 Å². The molecule has 0 radical (unpaired) electrons. The molecular weight excluding hydrogens is 315 g/mol. The number of nitrogens with zero attached hydrogens (tertiary/aromatic N) is 2. The highest BCUT2D eigenvalue weighted by molar-refractivity contribution is 5.90. The number of hydrogen-bond acceptors (Lipinski definition) is 2. The van der Waals surface area contributed by atoms with Crippen LogP contribution in [0.1, 0.15) is 5.56 Å². The first-order chi connectivity index (χ1) is 12.3. The van der Waals surface area contributed by atoms with E-state index in [0.717, 1.165) is 5.69 Å². The van der Waals surface area contributed by atoms with Crippen molar-refractivity contribution in [2.24, 2.45) is 0 Å². The standard InChI is InChI=1S/C21H13FN2O/c22-20-19-15(14-23)8-7-13-18(19)24(16-9-3-1-4-10-16)21(20)25-17-11-5-2-6-12-17/h1-13H. The molecule has 4 aromatic rings. The summed E-state index contributed by atoms with van der Waals surface area (Å²) in [4.78, 5) is 0. The van der Waals surface area contributed by atoms with Gasteiger partial charge >= 0.3 is 0 Å². The Morgan fingerprint density at radius 2 is 1.52 bits per heavy atom. The molecule has 3 nitrogen and oxygen atoms in total. The fourth-order valence-corrected chi connectivity index (χ4v) is 2.89. The van der Waals surface area contributed by atoms with Crippen molar-refractivity contribution in [1.82, 2.24) is 4.57 Å². The van der Waals surface area contributed by atoms with Crippen molar-refractivity contribution in [3.8, 4) is 23.4 Å². The van der Waals surface area contributed by atoms with Gasteiger partial charge in [-0.05, 0) is 36.4 Å². The van der Waals surface area contributed by atoms with Crippen LogP contribution in [-0.4, -0.2) is 4.57 Å². The molecule has 120 valence electrons. The lowest BCUT2D eigenvalue weighted by molar-refractivity contribution is 0.421. The molecule has 4 rings (SSSR count). The van der Waals surface area contributed by atoms with E-state index in [1.807, 2.05) is 48.5 Å². The van der Waals surface area contributed by atoms with Crippen LogP contribution in [0.5, 0.6) is 11.6 Å². The van der Waals surface area contributed by atoms with Crippen LogP contribution >= 0.6 is 0 Å². The van der Waals surface area contributed by atoms with Gasteiger partial charge in [-0.2, -0.15) is 5.26 Å². The summed E-state index contributed by atoms with van der Waals surface area (Å²) >= 11 is 0. The van der Waals surface area contributed by atoms with Crippen LogP contribution in [0.25, 0.3) is 16.6 Å². The molecule has 0 bridgehead atoms. The minimum Gasteiger partial charge on any atom is -0.437 e. The molecule has 0 atom stereocenters. The van der Waals surface area contributed by atoms with Crippen LogP contribution in [-0.2, 0) is 0 Å². The third-order valence-corrected chi connectivity index (χ3v) is 3.99. The topological polar surface area (TPSA) is 37.9 Å². The molecule has 0 aliphatic heterocycles. The first-order valence-electron chi connectivity index (χ1n) is 7.81. The van der Waals surface area contributed by atoms with E-state index in [1.54, 1.807) is 34.9 Å². The summed E-state index contributed by atoms with van der Waals surface area (Å²) in [5.74, 6) is 0.0508. The van der Waals surface area contributed by atoms with Crippen LogP contribution in [0.2, 0.25) is 0 Å². The Balaban J connectivity index is 2.03. The number of nitriles is 1. The molecule has 0 amide bonds. The van der Waals surface area contributed by atoms with Gasteiger partial charge in [-0.15, -0.1) is 0 Å². The maximum absolute atomic E-state index is 15.2. The number of aromatic nitrogens is 1. The van der Waals surface area contributed by atoms with E-state index in [4.69, 9.17) is 4.74 Å². The Morgan fingerprint density at radius 3 is 2.20 bits per heavy atom. The van der Waals surface area contributed by atoms with Gasteiger partial charge in [0.05, 0.1) is 22.5 Å². The molecule has 0 aliphatic rings. The Bertz CT molecular complexity index is 1080. The lowest BCUT2D eigenvalue weighted by Crippen LogP contribution is -1.98. The SMILES string of the molecule is N#Cc1cccc2c1c(F)c(Oc1ccccc1)n2-c1ccccc1. The fourth-order valence-electron chi connectivity index (χ4n) is 2.89. The van der Waals surface area contributed by atoms with Gasteiger partial charge in [0, 0.05) is 5.69 Å². The molecule has 0 spiro atoms. The Labute approximate surface area is 144 Å². The number of ether oxygens (including phenoxy) is 1. The summed E-state index contributed by atoms with van der Waals surface area (Å²) < 4.78 is 22.8. The summed E-state index contributed by atoms with van der Waals surface area (Å²) in [6.45, 7) is 0. The van der Waals surface area contributed by atoms with E-state index in [9.17, 15) is 5.26 Å². The van der Waals surface area contributed by atoms with Crippen LogP contribution in [0.4, 0.5) is 4.39 Å². The normalized spacial score (nSPS) is 10.6. The van der Waals surface area contributed by atoms with Crippen molar-refractivity contribution >= 4 is 10.9 Å². The summed E-state index contributed by atoms with van der Waals surface area (Å²) in [5, 5.41) is 9.62. The van der Waals surface area contributed by atoms with Crippen LogP contribution in [0, 0.1) is 17.1 Å². The number of rotatable bonds is 3. The zero-order chi connectivity index (χ0) is 17.2. The summed E-state index contributed by atoms with van der Waals surface area (Å²) in [5.41, 5.74) is 1.63. The quantitative estimate of drug-likeness (QED) is 0.502. The second-order valence-corrected chi connectivity index (χ2v) is 5.52. The van der Waals surface area contributed by atoms with Crippen molar-refractivity contribution in [3.63, 3.8) is 0 Å². The predicted molar refractivity (Wildman–Crippen MR) is 94.5 cm³/mol. The molecule has 4 heteroatoms. The molecule has 25 heavy (non-hydrogen) atoms. The van der Waals surface area contributed by atoms with Gasteiger partial charge in [0.1, 0.15) is 5.75 Å². The molecular formula is C21H13FN2O. The Kier molecular flexibility index (Phi) is 3.68. The number of hydrogen-bond donors (Lipinski definition) is 0. The van der Waals surface area contributed by atoms with Crippen molar-refractivity contribution in [1.29, 1.82) is 5.26 Å². The highest BCUT2D eigenvalue weighted by atomic mass is 19.1. The first-order valence-corrected chi connectivity index (χ1v) is 7.81. The molecule has 0 unspecified atom stereocenters. The molecule has 0 saturated carbocycles. The summed E-state index contributed by atoms with van der Waals surface area (Å²) in [7, 11) is 0. The number of fused-ring (bicyclic) bond motifs is 1. The van der Waals surface area contributed by atoms with Gasteiger partial charge in [-0.3, -0.25) is 4.57 Å². The van der Waals surface area contributed by atoms with E-state index >= 15 is 4.39 Å². The van der Waals surface area contributed by atoms with Crippen LogP contribution in [0.3, 0.4) is 0 Å².